The van der Waals surface area contributed by atoms with E-state index in [4.69, 9.17) is 0 Å². The van der Waals surface area contributed by atoms with E-state index in [1.807, 2.05) is 0 Å². The van der Waals surface area contributed by atoms with Gasteiger partial charge in [-0.3, -0.25) is 0 Å². The molecule has 0 spiro atoms. The molecule has 1 N–H and O–H groups in total. The van der Waals surface area contributed by atoms with Gasteiger partial charge in [0.15, 0.2) is 0 Å². The number of benzene rings is 2. The van der Waals surface area contributed by atoms with Crippen molar-refractivity contribution in [1.29, 1.82) is 0 Å². The van der Waals surface area contributed by atoms with E-state index in [2.05, 4.69) is 96.7 Å². The summed E-state index contributed by atoms with van der Waals surface area (Å²) in [7, 11) is 2.06. The zero-order chi connectivity index (χ0) is 15.2. The molecule has 0 amide bonds. The van der Waals surface area contributed by atoms with Crippen LogP contribution in [-0.4, -0.2) is 7.05 Å². The van der Waals surface area contributed by atoms with Crippen LogP contribution in [0.2, 0.25) is 0 Å². The third-order valence-corrected chi connectivity index (χ3v) is 4.87. The largest absolute Gasteiger partial charge is 0.312 e. The molecule has 0 radical (unpaired) electrons. The molecular weight excluding hydrogens is 322 g/mol. The van der Waals surface area contributed by atoms with Gasteiger partial charge in [-0.1, -0.05) is 78.7 Å². The molecule has 0 bridgehead atoms. The molecule has 2 heteroatoms. The summed E-state index contributed by atoms with van der Waals surface area (Å²) in [6.07, 6.45) is 1.17. The Morgan fingerprint density at radius 1 is 0.952 bits per heavy atom. The molecule has 0 aromatic heterocycles. The topological polar surface area (TPSA) is 12.0 Å². The highest BCUT2D eigenvalue weighted by Crippen LogP contribution is 2.38. The van der Waals surface area contributed by atoms with Crippen LogP contribution < -0.4 is 5.32 Å². The van der Waals surface area contributed by atoms with Crippen LogP contribution in [-0.2, 0) is 0 Å². The van der Waals surface area contributed by atoms with Gasteiger partial charge in [0.2, 0.25) is 0 Å². The number of rotatable bonds is 6. The SMILES string of the molecule is CCC(C)C(c1ccccc1)C(NC)c1ccc(Br)cc1. The summed E-state index contributed by atoms with van der Waals surface area (Å²) in [5, 5.41) is 3.54. The van der Waals surface area contributed by atoms with Crippen LogP contribution in [0.3, 0.4) is 0 Å². The van der Waals surface area contributed by atoms with Crippen molar-refractivity contribution in [2.24, 2.45) is 5.92 Å². The Kier molecular flexibility index (Phi) is 6.01. The standard InChI is InChI=1S/C19H24BrN/c1-4-14(2)18(15-8-6-5-7-9-15)19(21-3)16-10-12-17(20)13-11-16/h5-14,18-19,21H,4H2,1-3H3. The maximum atomic E-state index is 3.54. The molecule has 2 rings (SSSR count). The lowest BCUT2D eigenvalue weighted by Gasteiger charge is -2.32. The predicted octanol–water partition coefficient (Wildman–Crippen LogP) is 5.54. The molecule has 21 heavy (non-hydrogen) atoms. The zero-order valence-corrected chi connectivity index (χ0v) is 14.6. The Labute approximate surface area is 136 Å². The quantitative estimate of drug-likeness (QED) is 0.724. The lowest BCUT2D eigenvalue weighted by atomic mass is 9.77. The molecule has 0 heterocycles. The zero-order valence-electron chi connectivity index (χ0n) is 13.0. The molecule has 2 aromatic carbocycles. The summed E-state index contributed by atoms with van der Waals surface area (Å²) in [4.78, 5) is 0. The molecule has 2 aromatic rings. The van der Waals surface area contributed by atoms with E-state index in [1.54, 1.807) is 0 Å². The molecule has 0 fully saturated rings. The summed E-state index contributed by atoms with van der Waals surface area (Å²) in [6, 6.07) is 19.9. The Morgan fingerprint density at radius 2 is 1.57 bits per heavy atom. The van der Waals surface area contributed by atoms with E-state index in [9.17, 15) is 0 Å². The molecule has 0 saturated heterocycles. The fraction of sp³-hybridized carbons (Fsp3) is 0.368. The van der Waals surface area contributed by atoms with Crippen molar-refractivity contribution in [1.82, 2.24) is 5.32 Å². The second-order valence-electron chi connectivity index (χ2n) is 5.64. The third kappa shape index (κ3) is 3.96. The number of nitrogens with one attached hydrogen (secondary N) is 1. The summed E-state index contributed by atoms with van der Waals surface area (Å²) in [6.45, 7) is 4.62. The second-order valence-corrected chi connectivity index (χ2v) is 6.56. The van der Waals surface area contributed by atoms with Crippen molar-refractivity contribution in [2.45, 2.75) is 32.2 Å². The van der Waals surface area contributed by atoms with Crippen molar-refractivity contribution < 1.29 is 0 Å². The van der Waals surface area contributed by atoms with Crippen molar-refractivity contribution in [2.75, 3.05) is 7.05 Å². The smallest absolute Gasteiger partial charge is 0.0389 e. The van der Waals surface area contributed by atoms with Gasteiger partial charge in [0.1, 0.15) is 0 Å². The lowest BCUT2D eigenvalue weighted by molar-refractivity contribution is 0.354. The van der Waals surface area contributed by atoms with Gasteiger partial charge >= 0.3 is 0 Å². The van der Waals surface area contributed by atoms with Crippen molar-refractivity contribution in [3.05, 3.63) is 70.2 Å². The van der Waals surface area contributed by atoms with Crippen molar-refractivity contribution >= 4 is 15.9 Å². The maximum Gasteiger partial charge on any atom is 0.0389 e. The van der Waals surface area contributed by atoms with Gasteiger partial charge in [-0.2, -0.15) is 0 Å². The first-order valence-electron chi connectivity index (χ1n) is 7.65. The highest BCUT2D eigenvalue weighted by molar-refractivity contribution is 9.10. The minimum atomic E-state index is 0.329. The number of hydrogen-bond donors (Lipinski definition) is 1. The van der Waals surface area contributed by atoms with E-state index < -0.39 is 0 Å². The molecular formula is C19H24BrN. The minimum absolute atomic E-state index is 0.329. The molecule has 3 unspecified atom stereocenters. The van der Waals surface area contributed by atoms with Crippen LogP contribution in [0.4, 0.5) is 0 Å². The van der Waals surface area contributed by atoms with Crippen LogP contribution in [0.15, 0.2) is 59.1 Å². The summed E-state index contributed by atoms with van der Waals surface area (Å²) in [5.41, 5.74) is 2.75. The van der Waals surface area contributed by atoms with Gasteiger partial charge in [0.25, 0.3) is 0 Å². The molecule has 0 aliphatic rings. The van der Waals surface area contributed by atoms with Gasteiger partial charge < -0.3 is 5.32 Å². The van der Waals surface area contributed by atoms with Crippen LogP contribution in [0.5, 0.6) is 0 Å². The first kappa shape index (κ1) is 16.3. The highest BCUT2D eigenvalue weighted by Gasteiger charge is 2.27. The highest BCUT2D eigenvalue weighted by atomic mass is 79.9. The van der Waals surface area contributed by atoms with Gasteiger partial charge in [0, 0.05) is 16.4 Å². The fourth-order valence-corrected chi connectivity index (χ4v) is 3.27. The molecule has 3 atom stereocenters. The Bertz CT molecular complexity index is 535. The van der Waals surface area contributed by atoms with Crippen LogP contribution in [0.25, 0.3) is 0 Å². The van der Waals surface area contributed by atoms with E-state index in [-0.39, 0.29) is 0 Å². The third-order valence-electron chi connectivity index (χ3n) is 4.34. The summed E-state index contributed by atoms with van der Waals surface area (Å²) in [5.74, 6) is 1.09. The molecule has 112 valence electrons. The van der Waals surface area contributed by atoms with E-state index >= 15 is 0 Å². The fourth-order valence-electron chi connectivity index (χ4n) is 3.00. The lowest BCUT2D eigenvalue weighted by Crippen LogP contribution is -2.28. The number of likely N-dealkylation sites (N-methyl/N-ethyl adjacent to an activating group) is 1. The Morgan fingerprint density at radius 3 is 2.10 bits per heavy atom. The van der Waals surface area contributed by atoms with Crippen LogP contribution >= 0.6 is 15.9 Å². The average Bonchev–Trinajstić information content (AvgIpc) is 2.53. The monoisotopic (exact) mass is 345 g/mol. The Hall–Kier alpha value is -1.12. The number of hydrogen-bond acceptors (Lipinski definition) is 1. The first-order valence-corrected chi connectivity index (χ1v) is 8.44. The summed E-state index contributed by atoms with van der Waals surface area (Å²) >= 11 is 3.52. The molecule has 0 aliphatic carbocycles. The number of halogens is 1. The Balaban J connectivity index is 2.40. The van der Waals surface area contributed by atoms with Crippen molar-refractivity contribution in [3.8, 4) is 0 Å². The van der Waals surface area contributed by atoms with Crippen molar-refractivity contribution in [3.63, 3.8) is 0 Å². The summed E-state index contributed by atoms with van der Waals surface area (Å²) < 4.78 is 1.13. The second kappa shape index (κ2) is 7.77. The van der Waals surface area contributed by atoms with Gasteiger partial charge in [-0.05, 0) is 36.2 Å². The maximum absolute atomic E-state index is 3.54. The molecule has 0 aliphatic heterocycles. The van der Waals surface area contributed by atoms with E-state index in [0.29, 0.717) is 17.9 Å². The van der Waals surface area contributed by atoms with E-state index in [1.165, 1.54) is 17.5 Å². The van der Waals surface area contributed by atoms with Crippen LogP contribution in [0.1, 0.15) is 43.4 Å². The van der Waals surface area contributed by atoms with Gasteiger partial charge in [-0.25, -0.2) is 0 Å². The van der Waals surface area contributed by atoms with Crippen LogP contribution in [0, 0.1) is 5.92 Å². The molecule has 0 saturated carbocycles. The molecule has 1 nitrogen and oxygen atoms in total. The normalized spacial score (nSPS) is 15.4. The van der Waals surface area contributed by atoms with Gasteiger partial charge in [0.05, 0.1) is 0 Å². The average molecular weight is 346 g/mol. The van der Waals surface area contributed by atoms with Gasteiger partial charge in [-0.15, -0.1) is 0 Å². The minimum Gasteiger partial charge on any atom is -0.312 e. The predicted molar refractivity (Wildman–Crippen MR) is 94.6 cm³/mol. The van der Waals surface area contributed by atoms with E-state index in [0.717, 1.165) is 4.47 Å². The first-order chi connectivity index (χ1) is 10.2.